The van der Waals surface area contributed by atoms with Gasteiger partial charge in [-0.2, -0.15) is 0 Å². The molecule has 5 nitrogen and oxygen atoms in total. The molecule has 1 aromatic carbocycles. The maximum absolute atomic E-state index is 12.2. The number of benzene rings is 1. The summed E-state index contributed by atoms with van der Waals surface area (Å²) in [6.07, 6.45) is 0.652. The molecule has 23 heavy (non-hydrogen) atoms. The molecule has 2 amide bonds. The molecule has 3 rings (SSSR count). The first kappa shape index (κ1) is 16.0. The summed E-state index contributed by atoms with van der Waals surface area (Å²) in [6, 6.07) is 6.78. The Balaban J connectivity index is 1.54. The van der Waals surface area contributed by atoms with E-state index in [1.165, 1.54) is 4.90 Å². The molecule has 0 radical (unpaired) electrons. The van der Waals surface area contributed by atoms with E-state index in [0.717, 1.165) is 10.7 Å². The fraction of sp³-hybridized carbons (Fsp3) is 0.312. The van der Waals surface area contributed by atoms with Gasteiger partial charge in [0.1, 0.15) is 0 Å². The van der Waals surface area contributed by atoms with E-state index in [9.17, 15) is 13.8 Å². The molecule has 0 spiro atoms. The van der Waals surface area contributed by atoms with Gasteiger partial charge in [-0.15, -0.1) is 11.3 Å². The Morgan fingerprint density at radius 1 is 1.13 bits per heavy atom. The van der Waals surface area contributed by atoms with E-state index in [0.29, 0.717) is 29.1 Å². The number of thiazole rings is 1. The summed E-state index contributed by atoms with van der Waals surface area (Å²) >= 11 is 1.58. The quantitative estimate of drug-likeness (QED) is 0.749. The molecule has 0 unspecified atom stereocenters. The molecule has 1 aliphatic rings. The fourth-order valence-corrected chi connectivity index (χ4v) is 4.15. The molecule has 0 N–H and O–H groups in total. The average Bonchev–Trinajstić information content (AvgIpc) is 3.07. The van der Waals surface area contributed by atoms with Crippen LogP contribution in [-0.4, -0.2) is 44.0 Å². The standard InChI is InChI=1S/C16H16N2O3S2/c1-11-17-12(10-22-11)6-8-23(21)9-7-18-15(19)13-4-2-3-5-14(13)16(18)20/h2-5,10H,6-9H2,1H3/t23-/m1/s1. The van der Waals surface area contributed by atoms with Gasteiger partial charge in [0.25, 0.3) is 11.8 Å². The Kier molecular flexibility index (Phi) is 4.68. The van der Waals surface area contributed by atoms with Crippen LogP contribution in [0, 0.1) is 6.92 Å². The summed E-state index contributed by atoms with van der Waals surface area (Å²) in [7, 11) is -1.08. The maximum atomic E-state index is 12.2. The number of carbonyl (C=O) groups is 2. The summed E-state index contributed by atoms with van der Waals surface area (Å²) < 4.78 is 12.1. The normalized spacial score (nSPS) is 15.1. The second-order valence-electron chi connectivity index (χ2n) is 5.26. The first-order valence-corrected chi connectivity index (χ1v) is 9.64. The Labute approximate surface area is 140 Å². The SMILES string of the molecule is Cc1nc(CC[S@@](=O)CCN2C(=O)c3ccccc3C2=O)cs1. The van der Waals surface area contributed by atoms with Gasteiger partial charge in [-0.1, -0.05) is 12.1 Å². The highest BCUT2D eigenvalue weighted by atomic mass is 32.2. The molecule has 0 aliphatic carbocycles. The minimum absolute atomic E-state index is 0.190. The number of imide groups is 1. The summed E-state index contributed by atoms with van der Waals surface area (Å²) in [5, 5.41) is 2.97. The zero-order valence-corrected chi connectivity index (χ0v) is 14.3. The van der Waals surface area contributed by atoms with Crippen LogP contribution < -0.4 is 0 Å². The van der Waals surface area contributed by atoms with Crippen molar-refractivity contribution in [3.8, 4) is 0 Å². The predicted molar refractivity (Wildman–Crippen MR) is 90.2 cm³/mol. The molecule has 0 bridgehead atoms. The first-order valence-electron chi connectivity index (χ1n) is 7.27. The predicted octanol–water partition coefficient (Wildman–Crippen LogP) is 2.04. The minimum Gasteiger partial charge on any atom is -0.273 e. The van der Waals surface area contributed by atoms with E-state index >= 15 is 0 Å². The van der Waals surface area contributed by atoms with E-state index in [1.54, 1.807) is 35.6 Å². The third kappa shape index (κ3) is 3.40. The molecule has 1 atom stereocenters. The van der Waals surface area contributed by atoms with Crippen LogP contribution in [0.5, 0.6) is 0 Å². The lowest BCUT2D eigenvalue weighted by Gasteiger charge is -2.13. The second kappa shape index (κ2) is 6.72. The van der Waals surface area contributed by atoms with Crippen molar-refractivity contribution in [1.82, 2.24) is 9.88 Å². The zero-order chi connectivity index (χ0) is 16.4. The van der Waals surface area contributed by atoms with Gasteiger partial charge in [0.05, 0.1) is 21.8 Å². The van der Waals surface area contributed by atoms with Gasteiger partial charge in [0.15, 0.2) is 0 Å². The Bertz CT molecular complexity index is 750. The van der Waals surface area contributed by atoms with Crippen molar-refractivity contribution in [1.29, 1.82) is 0 Å². The van der Waals surface area contributed by atoms with E-state index in [1.807, 2.05) is 12.3 Å². The molecule has 0 saturated carbocycles. The lowest BCUT2D eigenvalue weighted by atomic mass is 10.1. The van der Waals surface area contributed by atoms with Gasteiger partial charge in [0.2, 0.25) is 0 Å². The van der Waals surface area contributed by atoms with Gasteiger partial charge in [-0.05, 0) is 19.1 Å². The number of aromatic nitrogens is 1. The largest absolute Gasteiger partial charge is 0.273 e. The van der Waals surface area contributed by atoms with Gasteiger partial charge in [-0.25, -0.2) is 4.98 Å². The lowest BCUT2D eigenvalue weighted by molar-refractivity contribution is 0.0664. The van der Waals surface area contributed by atoms with Crippen LogP contribution in [0.3, 0.4) is 0 Å². The maximum Gasteiger partial charge on any atom is 0.261 e. The number of fused-ring (bicyclic) bond motifs is 1. The molecule has 0 fully saturated rings. The highest BCUT2D eigenvalue weighted by Gasteiger charge is 2.34. The van der Waals surface area contributed by atoms with Crippen LogP contribution in [0.2, 0.25) is 0 Å². The van der Waals surface area contributed by atoms with Crippen LogP contribution in [0.4, 0.5) is 0 Å². The monoisotopic (exact) mass is 348 g/mol. The number of amides is 2. The summed E-state index contributed by atoms with van der Waals surface area (Å²) in [5.41, 5.74) is 1.81. The second-order valence-corrected chi connectivity index (χ2v) is 8.02. The number of carbonyl (C=O) groups excluding carboxylic acids is 2. The molecule has 2 heterocycles. The van der Waals surface area contributed by atoms with E-state index in [-0.39, 0.29) is 18.4 Å². The van der Waals surface area contributed by atoms with E-state index in [2.05, 4.69) is 4.98 Å². The van der Waals surface area contributed by atoms with E-state index in [4.69, 9.17) is 0 Å². The highest BCUT2D eigenvalue weighted by molar-refractivity contribution is 7.85. The van der Waals surface area contributed by atoms with Crippen molar-refractivity contribution >= 4 is 34.0 Å². The number of aryl methyl sites for hydroxylation is 2. The third-order valence-electron chi connectivity index (χ3n) is 3.67. The molecular weight excluding hydrogens is 332 g/mol. The van der Waals surface area contributed by atoms with Crippen molar-refractivity contribution < 1.29 is 13.8 Å². The van der Waals surface area contributed by atoms with Crippen molar-refractivity contribution in [2.75, 3.05) is 18.1 Å². The lowest BCUT2D eigenvalue weighted by Crippen LogP contribution is -2.33. The average molecular weight is 348 g/mol. The molecular formula is C16H16N2O3S2. The topological polar surface area (TPSA) is 67.3 Å². The Hall–Kier alpha value is -1.86. The van der Waals surface area contributed by atoms with Crippen LogP contribution >= 0.6 is 11.3 Å². The highest BCUT2D eigenvalue weighted by Crippen LogP contribution is 2.22. The van der Waals surface area contributed by atoms with Crippen LogP contribution in [0.15, 0.2) is 29.6 Å². The van der Waals surface area contributed by atoms with Gasteiger partial charge >= 0.3 is 0 Å². The summed E-state index contributed by atoms with van der Waals surface area (Å²) in [6.45, 7) is 2.13. The number of hydrogen-bond donors (Lipinski definition) is 0. The van der Waals surface area contributed by atoms with Crippen molar-refractivity contribution in [3.05, 3.63) is 51.5 Å². The van der Waals surface area contributed by atoms with Gasteiger partial charge in [-0.3, -0.25) is 18.7 Å². The number of hydrogen-bond acceptors (Lipinski definition) is 5. The van der Waals surface area contributed by atoms with Crippen molar-refractivity contribution in [3.63, 3.8) is 0 Å². The number of nitrogens with zero attached hydrogens (tertiary/aromatic N) is 2. The third-order valence-corrected chi connectivity index (χ3v) is 5.79. The molecule has 120 valence electrons. The smallest absolute Gasteiger partial charge is 0.261 e. The molecule has 2 aromatic rings. The van der Waals surface area contributed by atoms with Crippen LogP contribution in [0.25, 0.3) is 0 Å². The molecule has 7 heteroatoms. The Morgan fingerprint density at radius 2 is 1.78 bits per heavy atom. The Morgan fingerprint density at radius 3 is 2.35 bits per heavy atom. The molecule has 1 aromatic heterocycles. The summed E-state index contributed by atoms with van der Waals surface area (Å²) in [5.74, 6) is 0.205. The molecule has 0 saturated heterocycles. The molecule has 1 aliphatic heterocycles. The van der Waals surface area contributed by atoms with E-state index < -0.39 is 10.8 Å². The van der Waals surface area contributed by atoms with Crippen molar-refractivity contribution in [2.45, 2.75) is 13.3 Å². The fourth-order valence-electron chi connectivity index (χ4n) is 2.48. The van der Waals surface area contributed by atoms with Crippen LogP contribution in [-0.2, 0) is 17.2 Å². The zero-order valence-electron chi connectivity index (χ0n) is 12.7. The van der Waals surface area contributed by atoms with Crippen molar-refractivity contribution in [2.24, 2.45) is 0 Å². The number of rotatable bonds is 6. The first-order chi connectivity index (χ1) is 11.1. The summed E-state index contributed by atoms with van der Waals surface area (Å²) in [4.78, 5) is 29.9. The van der Waals surface area contributed by atoms with Crippen LogP contribution in [0.1, 0.15) is 31.4 Å². The van der Waals surface area contributed by atoms with Gasteiger partial charge in [0, 0.05) is 40.7 Å². The van der Waals surface area contributed by atoms with Gasteiger partial charge < -0.3 is 0 Å². The minimum atomic E-state index is -1.08.